The van der Waals surface area contributed by atoms with Crippen molar-refractivity contribution in [3.8, 4) is 11.8 Å². The van der Waals surface area contributed by atoms with Crippen LogP contribution in [0.15, 0.2) is 24.5 Å². The molecular formula is C34H60N8O8. The molecule has 0 bridgehead atoms. The Hall–Kier alpha value is -4.44. The summed E-state index contributed by atoms with van der Waals surface area (Å²) >= 11 is 0. The summed E-state index contributed by atoms with van der Waals surface area (Å²) in [6.45, 7) is 21.2. The Bertz CT molecular complexity index is 1190. The molecule has 2 atom stereocenters. The third kappa shape index (κ3) is 24.7. The number of aliphatic hydroxyl groups is 2. The second-order valence-electron chi connectivity index (χ2n) is 12.1. The molecule has 0 aliphatic carbocycles. The molecule has 2 aromatic rings. The number of carbonyl (C=O) groups is 4. The van der Waals surface area contributed by atoms with Crippen LogP contribution in [0.2, 0.25) is 0 Å². The van der Waals surface area contributed by atoms with E-state index >= 15 is 0 Å². The van der Waals surface area contributed by atoms with Gasteiger partial charge in [-0.05, 0) is 19.8 Å². The molecule has 2 rings (SSSR count). The molecule has 0 aliphatic rings. The lowest BCUT2D eigenvalue weighted by Crippen LogP contribution is -2.26. The van der Waals surface area contributed by atoms with Gasteiger partial charge in [0.1, 0.15) is 13.2 Å². The van der Waals surface area contributed by atoms with Crippen LogP contribution in [-0.4, -0.2) is 85.7 Å². The number of ether oxygens (including phenoxy) is 2. The van der Waals surface area contributed by atoms with E-state index in [2.05, 4.69) is 35.9 Å². The number of nitrogens with one attached hydrogen (secondary N) is 3. The number of primary amides is 1. The summed E-state index contributed by atoms with van der Waals surface area (Å²) in [4.78, 5) is 59.4. The number of hydrogen-bond acceptors (Lipinski definition) is 12. The van der Waals surface area contributed by atoms with Crippen molar-refractivity contribution in [2.45, 2.75) is 101 Å². The van der Waals surface area contributed by atoms with E-state index < -0.39 is 12.2 Å². The minimum absolute atomic E-state index is 0.00926. The number of aromatic nitrogens is 4. The van der Waals surface area contributed by atoms with E-state index in [1.54, 1.807) is 53.7 Å². The Balaban J connectivity index is 0. The molecule has 0 fully saturated rings. The summed E-state index contributed by atoms with van der Waals surface area (Å²) < 4.78 is 10.6. The van der Waals surface area contributed by atoms with Gasteiger partial charge in [0.15, 0.2) is 0 Å². The molecule has 0 saturated heterocycles. The number of anilines is 2. The number of hydrogen-bond donors (Lipinski definition) is 6. The number of amides is 4. The number of carbonyl (C=O) groups excluding carboxylic acids is 4. The fourth-order valence-corrected chi connectivity index (χ4v) is 2.45. The standard InChI is InChI=1S/2C12H19N3O3.C6H13NO.C4H9NO/c2*1-4-9(16)7-18-10-5-6-13-12(14-10)15-11(17)8(2)3;1-4-7-6(8)5(2)3;1-3(2)4(5)6/h2*5-6,8-9,16H,4,7H2,1-3H3,(H,13,14,15,17);5H,4H2,1-3H3,(H,7,8);3H,1-2H3,(H2,5,6)/t2*9-;;/m10../s1. The van der Waals surface area contributed by atoms with E-state index in [4.69, 9.17) is 15.2 Å². The summed E-state index contributed by atoms with van der Waals surface area (Å²) in [6, 6.07) is 3.15. The zero-order valence-electron chi connectivity index (χ0n) is 31.5. The van der Waals surface area contributed by atoms with Crippen LogP contribution in [0.1, 0.15) is 89.0 Å². The molecule has 0 aromatic carbocycles. The molecule has 0 spiro atoms. The van der Waals surface area contributed by atoms with Crippen LogP contribution in [0.25, 0.3) is 0 Å². The van der Waals surface area contributed by atoms with Gasteiger partial charge >= 0.3 is 0 Å². The molecule has 2 aromatic heterocycles. The van der Waals surface area contributed by atoms with Crippen molar-refractivity contribution in [1.29, 1.82) is 0 Å². The van der Waals surface area contributed by atoms with Crippen molar-refractivity contribution in [2.75, 3.05) is 30.4 Å². The van der Waals surface area contributed by atoms with E-state index in [-0.39, 0.29) is 72.4 Å². The fraction of sp³-hybridized carbons (Fsp3) is 0.647. The van der Waals surface area contributed by atoms with Gasteiger partial charge in [-0.1, -0.05) is 69.2 Å². The summed E-state index contributed by atoms with van der Waals surface area (Å²) in [5.41, 5.74) is 4.80. The van der Waals surface area contributed by atoms with Gasteiger partial charge in [-0.25, -0.2) is 9.97 Å². The highest BCUT2D eigenvalue weighted by molar-refractivity contribution is 5.90. The SMILES string of the molecule is CC(C)C(N)=O.CCNC(=O)C(C)C.CC[C@@H](O)COc1ccnc(NC(=O)C(C)C)n1.CC[C@H](O)COc1ccnc(NC(=O)C(C)C)n1. The lowest BCUT2D eigenvalue weighted by Gasteiger charge is -2.10. The smallest absolute Gasteiger partial charge is 0.232 e. The molecular weight excluding hydrogens is 648 g/mol. The number of nitrogens with zero attached hydrogens (tertiary/aromatic N) is 4. The van der Waals surface area contributed by atoms with E-state index in [9.17, 15) is 29.4 Å². The summed E-state index contributed by atoms with van der Waals surface area (Å²) in [7, 11) is 0. The van der Waals surface area contributed by atoms with Crippen LogP contribution in [0.4, 0.5) is 11.9 Å². The van der Waals surface area contributed by atoms with Gasteiger partial charge in [-0.3, -0.25) is 29.8 Å². The third-order valence-electron chi connectivity index (χ3n) is 6.01. The van der Waals surface area contributed by atoms with Crippen LogP contribution in [-0.2, 0) is 19.2 Å². The van der Waals surface area contributed by atoms with E-state index in [0.29, 0.717) is 24.6 Å². The lowest BCUT2D eigenvalue weighted by atomic mass is 10.2. The van der Waals surface area contributed by atoms with E-state index in [1.165, 1.54) is 12.4 Å². The maximum Gasteiger partial charge on any atom is 0.232 e. The summed E-state index contributed by atoms with van der Waals surface area (Å²) in [5, 5.41) is 26.6. The number of aliphatic hydroxyl groups excluding tert-OH is 2. The molecule has 7 N–H and O–H groups in total. The number of rotatable bonds is 15. The van der Waals surface area contributed by atoms with Crippen molar-refractivity contribution >= 4 is 35.5 Å². The van der Waals surface area contributed by atoms with Gasteiger partial charge in [0.05, 0.1) is 12.2 Å². The minimum Gasteiger partial charge on any atom is -0.475 e. The highest BCUT2D eigenvalue weighted by Gasteiger charge is 2.11. The first-order valence-corrected chi connectivity index (χ1v) is 16.8. The molecule has 16 heteroatoms. The van der Waals surface area contributed by atoms with Gasteiger partial charge in [0.2, 0.25) is 47.3 Å². The van der Waals surface area contributed by atoms with Crippen LogP contribution in [0.5, 0.6) is 11.8 Å². The third-order valence-corrected chi connectivity index (χ3v) is 6.01. The van der Waals surface area contributed by atoms with Gasteiger partial charge < -0.3 is 30.7 Å². The van der Waals surface area contributed by atoms with Crippen molar-refractivity contribution in [2.24, 2.45) is 29.4 Å². The van der Waals surface area contributed by atoms with Gasteiger partial charge in [0.25, 0.3) is 0 Å². The lowest BCUT2D eigenvalue weighted by molar-refractivity contribution is -0.124. The van der Waals surface area contributed by atoms with Crippen molar-refractivity contribution in [3.63, 3.8) is 0 Å². The molecule has 16 nitrogen and oxygen atoms in total. The average molecular weight is 709 g/mol. The molecule has 0 saturated carbocycles. The second kappa shape index (κ2) is 27.4. The molecule has 2 heterocycles. The second-order valence-corrected chi connectivity index (χ2v) is 12.1. The quantitative estimate of drug-likeness (QED) is 0.156. The van der Waals surface area contributed by atoms with Crippen LogP contribution < -0.4 is 31.2 Å². The zero-order chi connectivity index (χ0) is 38.8. The molecule has 284 valence electrons. The van der Waals surface area contributed by atoms with Crippen LogP contribution in [0, 0.1) is 23.7 Å². The zero-order valence-corrected chi connectivity index (χ0v) is 31.5. The molecule has 4 amide bonds. The fourth-order valence-electron chi connectivity index (χ4n) is 2.45. The van der Waals surface area contributed by atoms with E-state index in [1.807, 2.05) is 34.6 Å². The Labute approximate surface area is 296 Å². The van der Waals surface area contributed by atoms with Gasteiger partial charge in [0, 0.05) is 54.7 Å². The van der Waals surface area contributed by atoms with Crippen LogP contribution in [0.3, 0.4) is 0 Å². The van der Waals surface area contributed by atoms with Gasteiger partial charge in [-0.2, -0.15) is 9.97 Å². The number of nitrogens with two attached hydrogens (primary N) is 1. The predicted molar refractivity (Wildman–Crippen MR) is 192 cm³/mol. The summed E-state index contributed by atoms with van der Waals surface area (Å²) in [6.07, 6.45) is 3.18. The Kier molecular flexibility index (Phi) is 26.1. The normalized spacial score (nSPS) is 11.5. The van der Waals surface area contributed by atoms with Gasteiger partial charge in [-0.15, -0.1) is 0 Å². The highest BCUT2D eigenvalue weighted by atomic mass is 16.5. The maximum atomic E-state index is 11.5. The summed E-state index contributed by atoms with van der Waals surface area (Å²) in [5.74, 6) is 0.492. The van der Waals surface area contributed by atoms with Crippen molar-refractivity contribution in [1.82, 2.24) is 25.3 Å². The van der Waals surface area contributed by atoms with E-state index in [0.717, 1.165) is 6.54 Å². The molecule has 50 heavy (non-hydrogen) atoms. The maximum absolute atomic E-state index is 11.5. The Morgan fingerprint density at radius 1 is 0.660 bits per heavy atom. The minimum atomic E-state index is -0.520. The first-order chi connectivity index (χ1) is 23.4. The monoisotopic (exact) mass is 708 g/mol. The Morgan fingerprint density at radius 3 is 1.24 bits per heavy atom. The molecule has 0 unspecified atom stereocenters. The average Bonchev–Trinajstić information content (AvgIpc) is 3.07. The van der Waals surface area contributed by atoms with Crippen molar-refractivity contribution < 1.29 is 38.9 Å². The largest absolute Gasteiger partial charge is 0.475 e. The predicted octanol–water partition coefficient (Wildman–Crippen LogP) is 3.35. The molecule has 0 radical (unpaired) electrons. The first kappa shape index (κ1) is 47.7. The Morgan fingerprint density at radius 2 is 1.00 bits per heavy atom. The van der Waals surface area contributed by atoms with Crippen molar-refractivity contribution in [3.05, 3.63) is 24.5 Å². The van der Waals surface area contributed by atoms with Crippen LogP contribution >= 0.6 is 0 Å². The highest BCUT2D eigenvalue weighted by Crippen LogP contribution is 2.11. The topological polar surface area (TPSA) is 241 Å². The molecule has 0 aliphatic heterocycles. The first-order valence-electron chi connectivity index (χ1n) is 16.8.